The van der Waals surface area contributed by atoms with E-state index in [4.69, 9.17) is 4.74 Å². The van der Waals surface area contributed by atoms with Crippen molar-refractivity contribution >= 4 is 27.4 Å². The number of amides is 1. The van der Waals surface area contributed by atoms with Crippen LogP contribution in [-0.4, -0.2) is 42.1 Å². The average molecular weight is 377 g/mol. The maximum absolute atomic E-state index is 13.6. The van der Waals surface area contributed by atoms with E-state index in [2.05, 4.69) is 20.1 Å². The van der Waals surface area contributed by atoms with Gasteiger partial charge in [0.15, 0.2) is 5.65 Å². The molecule has 0 fully saturated rings. The molecule has 0 spiro atoms. The molecule has 0 saturated heterocycles. The second-order valence-electron chi connectivity index (χ2n) is 5.44. The lowest BCUT2D eigenvalue weighted by Crippen LogP contribution is -2.28. The highest BCUT2D eigenvalue weighted by atomic mass is 32.2. The number of rotatable bonds is 0. The first-order valence-electron chi connectivity index (χ1n) is 7.52. The predicted molar refractivity (Wildman–Crippen MR) is 88.0 cm³/mol. The predicted octanol–water partition coefficient (Wildman–Crippen LogP) is 0.791. The van der Waals surface area contributed by atoms with Crippen molar-refractivity contribution in [3.8, 4) is 5.75 Å². The van der Waals surface area contributed by atoms with Gasteiger partial charge in [0.25, 0.3) is 15.9 Å². The Morgan fingerprint density at radius 3 is 2.96 bits per heavy atom. The highest BCUT2D eigenvalue weighted by molar-refractivity contribution is 7.92. The Hall–Kier alpha value is -3.21. The fourth-order valence-electron chi connectivity index (χ4n) is 2.51. The van der Waals surface area contributed by atoms with Crippen molar-refractivity contribution in [3.63, 3.8) is 0 Å². The summed E-state index contributed by atoms with van der Waals surface area (Å²) in [7, 11) is -4.17. The number of ether oxygens (including phenoxy) is 1. The first-order valence-corrected chi connectivity index (χ1v) is 9.00. The number of nitrogens with zero attached hydrogens (tertiary/aromatic N) is 3. The molecule has 4 rings (SSSR count). The van der Waals surface area contributed by atoms with Crippen LogP contribution in [0.2, 0.25) is 0 Å². The number of sulfonamides is 1. The van der Waals surface area contributed by atoms with Crippen LogP contribution in [0.15, 0.2) is 41.6 Å². The van der Waals surface area contributed by atoms with Gasteiger partial charge in [-0.3, -0.25) is 9.52 Å². The van der Waals surface area contributed by atoms with Crippen LogP contribution < -0.4 is 14.8 Å². The van der Waals surface area contributed by atoms with Crippen molar-refractivity contribution in [2.75, 3.05) is 17.9 Å². The largest absolute Gasteiger partial charge is 0.490 e. The van der Waals surface area contributed by atoms with Gasteiger partial charge in [-0.1, -0.05) is 0 Å². The summed E-state index contributed by atoms with van der Waals surface area (Å²) in [5.74, 6) is -1.22. The van der Waals surface area contributed by atoms with Gasteiger partial charge in [0, 0.05) is 6.20 Å². The minimum absolute atomic E-state index is 0.00464. The first kappa shape index (κ1) is 16.3. The molecule has 26 heavy (non-hydrogen) atoms. The molecule has 2 aromatic heterocycles. The quantitative estimate of drug-likeness (QED) is 0.599. The average Bonchev–Trinajstić information content (AvgIpc) is 3.01. The number of anilines is 1. The standard InChI is InChI=1S/C15H12FN5O4S/c16-9-1-2-11-12(7-9)26(23,24)20-13-3-5-21-14(19-13)10(8-18-21)15(22)17-4-6-25-11/h1-3,5,7-8H,4,6H2,(H,17,22)(H,19,20). The van der Waals surface area contributed by atoms with Gasteiger partial charge >= 0.3 is 0 Å². The topological polar surface area (TPSA) is 115 Å². The van der Waals surface area contributed by atoms with Crippen LogP contribution >= 0.6 is 0 Å². The Balaban J connectivity index is 1.88. The van der Waals surface area contributed by atoms with E-state index in [0.717, 1.165) is 12.1 Å². The van der Waals surface area contributed by atoms with Gasteiger partial charge in [0.2, 0.25) is 0 Å². The van der Waals surface area contributed by atoms with Crippen molar-refractivity contribution < 1.29 is 22.3 Å². The van der Waals surface area contributed by atoms with Gasteiger partial charge in [-0.05, 0) is 24.3 Å². The van der Waals surface area contributed by atoms with E-state index in [1.54, 1.807) is 0 Å². The minimum atomic E-state index is -4.17. The second kappa shape index (κ2) is 5.95. The van der Waals surface area contributed by atoms with Gasteiger partial charge in [0.05, 0.1) is 12.7 Å². The molecule has 1 aliphatic rings. The summed E-state index contributed by atoms with van der Waals surface area (Å²) in [6.07, 6.45) is 2.79. The first-order chi connectivity index (χ1) is 12.4. The van der Waals surface area contributed by atoms with Crippen LogP contribution in [0, 0.1) is 5.82 Å². The van der Waals surface area contributed by atoms with Crippen molar-refractivity contribution in [1.82, 2.24) is 19.9 Å². The van der Waals surface area contributed by atoms with Crippen molar-refractivity contribution in [2.45, 2.75) is 4.90 Å². The van der Waals surface area contributed by atoms with E-state index in [1.807, 2.05) is 0 Å². The molecule has 1 amide bonds. The van der Waals surface area contributed by atoms with Crippen molar-refractivity contribution in [2.24, 2.45) is 0 Å². The Morgan fingerprint density at radius 2 is 2.12 bits per heavy atom. The van der Waals surface area contributed by atoms with E-state index in [-0.39, 0.29) is 40.8 Å². The van der Waals surface area contributed by atoms with Crippen LogP contribution in [0.3, 0.4) is 0 Å². The molecular weight excluding hydrogens is 365 g/mol. The number of aromatic nitrogens is 3. The molecule has 0 radical (unpaired) electrons. The zero-order valence-electron chi connectivity index (χ0n) is 13.1. The molecule has 0 atom stereocenters. The molecule has 0 saturated carbocycles. The van der Waals surface area contributed by atoms with Gasteiger partial charge in [-0.2, -0.15) is 5.10 Å². The fraction of sp³-hybridized carbons (Fsp3) is 0.133. The number of benzene rings is 1. The summed E-state index contributed by atoms with van der Waals surface area (Å²) in [6, 6.07) is 4.54. The molecule has 2 bridgehead atoms. The van der Waals surface area contributed by atoms with Crippen molar-refractivity contribution in [1.29, 1.82) is 0 Å². The Kier molecular flexibility index (Phi) is 3.72. The van der Waals surface area contributed by atoms with Crippen LogP contribution in [-0.2, 0) is 10.0 Å². The summed E-state index contributed by atoms with van der Waals surface area (Å²) in [5, 5.41) is 6.64. The summed E-state index contributed by atoms with van der Waals surface area (Å²) < 4.78 is 48.0. The zero-order valence-corrected chi connectivity index (χ0v) is 14.0. The van der Waals surface area contributed by atoms with Crippen LogP contribution in [0.25, 0.3) is 5.65 Å². The third kappa shape index (κ3) is 2.81. The maximum Gasteiger partial charge on any atom is 0.266 e. The number of nitrogens with one attached hydrogen (secondary N) is 2. The normalized spacial score (nSPS) is 16.4. The summed E-state index contributed by atoms with van der Waals surface area (Å²) in [6.45, 7) is 0.107. The van der Waals surface area contributed by atoms with Gasteiger partial charge in [-0.15, -0.1) is 0 Å². The molecule has 9 nitrogen and oxygen atoms in total. The lowest BCUT2D eigenvalue weighted by molar-refractivity contribution is 0.0948. The highest BCUT2D eigenvalue weighted by Gasteiger charge is 2.23. The smallest absolute Gasteiger partial charge is 0.266 e. The van der Waals surface area contributed by atoms with Crippen LogP contribution in [0.4, 0.5) is 10.2 Å². The lowest BCUT2D eigenvalue weighted by atomic mass is 10.3. The van der Waals surface area contributed by atoms with E-state index >= 15 is 0 Å². The molecule has 1 aromatic carbocycles. The Labute approximate surface area is 146 Å². The maximum atomic E-state index is 13.6. The highest BCUT2D eigenvalue weighted by Crippen LogP contribution is 2.27. The lowest BCUT2D eigenvalue weighted by Gasteiger charge is -2.13. The number of carbonyl (C=O) groups is 1. The molecule has 1 aliphatic heterocycles. The number of hydrogen-bond donors (Lipinski definition) is 2. The second-order valence-corrected chi connectivity index (χ2v) is 7.09. The van der Waals surface area contributed by atoms with Gasteiger partial charge in [-0.25, -0.2) is 22.3 Å². The third-order valence-corrected chi connectivity index (χ3v) is 5.07. The van der Waals surface area contributed by atoms with E-state index in [0.29, 0.717) is 0 Å². The third-order valence-electron chi connectivity index (χ3n) is 3.69. The summed E-state index contributed by atoms with van der Waals surface area (Å²) in [5.41, 5.74) is 0.371. The monoisotopic (exact) mass is 377 g/mol. The van der Waals surface area contributed by atoms with Gasteiger partial charge < -0.3 is 10.1 Å². The molecule has 3 aromatic rings. The molecule has 134 valence electrons. The molecule has 2 N–H and O–H groups in total. The Bertz CT molecular complexity index is 1130. The zero-order chi connectivity index (χ0) is 18.3. The minimum Gasteiger partial charge on any atom is -0.490 e. The molecule has 0 unspecified atom stereocenters. The molecule has 0 aliphatic carbocycles. The number of fused-ring (bicyclic) bond motifs is 2. The molecular formula is C15H12FN5O4S. The molecule has 3 heterocycles. The molecule has 11 heteroatoms. The number of halogens is 1. The van der Waals surface area contributed by atoms with E-state index in [9.17, 15) is 17.6 Å². The SMILES string of the molecule is O=C1NCCOc2ccc(F)cc2S(=O)(=O)Nc2ccn3ncc1c3n2. The fourth-order valence-corrected chi connectivity index (χ4v) is 3.67. The van der Waals surface area contributed by atoms with Crippen molar-refractivity contribution in [3.05, 3.63) is 48.0 Å². The Morgan fingerprint density at radius 1 is 1.27 bits per heavy atom. The van der Waals surface area contributed by atoms with Crippen LogP contribution in [0.1, 0.15) is 10.4 Å². The summed E-state index contributed by atoms with van der Waals surface area (Å²) >= 11 is 0. The van der Waals surface area contributed by atoms with Gasteiger partial charge in [0.1, 0.15) is 34.5 Å². The van der Waals surface area contributed by atoms with Crippen LogP contribution in [0.5, 0.6) is 5.75 Å². The van der Waals surface area contributed by atoms with E-state index < -0.39 is 21.7 Å². The summed E-state index contributed by atoms with van der Waals surface area (Å²) in [4.78, 5) is 16.0. The number of hydrogen-bond acceptors (Lipinski definition) is 6. The number of carbonyl (C=O) groups excluding carboxylic acids is 1. The van der Waals surface area contributed by atoms with E-state index in [1.165, 1.54) is 29.0 Å².